The number of hydrogen-bond donors (Lipinski definition) is 1. The highest BCUT2D eigenvalue weighted by atomic mass is 16.4. The summed E-state index contributed by atoms with van der Waals surface area (Å²) in [6, 6.07) is 3.88. The lowest BCUT2D eigenvalue weighted by Gasteiger charge is -2.39. The van der Waals surface area contributed by atoms with Crippen molar-refractivity contribution in [1.82, 2.24) is 9.80 Å². The Balaban J connectivity index is 1.42. The Morgan fingerprint density at radius 1 is 1.11 bits per heavy atom. The molecule has 4 rings (SSSR count). The van der Waals surface area contributed by atoms with Crippen molar-refractivity contribution in [3.63, 3.8) is 0 Å². The zero-order chi connectivity index (χ0) is 20.1. The van der Waals surface area contributed by atoms with Crippen molar-refractivity contribution in [2.24, 2.45) is 11.3 Å². The van der Waals surface area contributed by atoms with Crippen molar-refractivity contribution >= 4 is 11.9 Å². The van der Waals surface area contributed by atoms with Crippen LogP contribution in [0, 0.1) is 32.1 Å². The first-order valence-electron chi connectivity index (χ1n) is 10.6. The molecule has 0 radical (unpaired) electrons. The first kappa shape index (κ1) is 19.4. The third-order valence-corrected chi connectivity index (χ3v) is 7.14. The Kier molecular flexibility index (Phi) is 4.98. The second kappa shape index (κ2) is 7.18. The van der Waals surface area contributed by atoms with Crippen LogP contribution in [-0.4, -0.2) is 52.5 Å². The van der Waals surface area contributed by atoms with Crippen LogP contribution in [0.2, 0.25) is 0 Å². The van der Waals surface area contributed by atoms with Crippen LogP contribution >= 0.6 is 0 Å². The normalized spacial score (nSPS) is 24.7. The summed E-state index contributed by atoms with van der Waals surface area (Å²) in [6.45, 7) is 10.1. The zero-order valence-electron chi connectivity index (χ0n) is 17.3. The van der Waals surface area contributed by atoms with E-state index >= 15 is 0 Å². The lowest BCUT2D eigenvalue weighted by molar-refractivity contribution is -0.148. The summed E-state index contributed by atoms with van der Waals surface area (Å²) >= 11 is 0. The number of aryl methyl sites for hydroxylation is 3. The van der Waals surface area contributed by atoms with Crippen LogP contribution in [0.5, 0.6) is 0 Å². The summed E-state index contributed by atoms with van der Waals surface area (Å²) in [5.41, 5.74) is 5.42. The smallest absolute Gasteiger partial charge is 0.326 e. The predicted octanol–water partition coefficient (Wildman–Crippen LogP) is 3.29. The van der Waals surface area contributed by atoms with Gasteiger partial charge in [0.15, 0.2) is 0 Å². The number of amides is 1. The number of carboxylic acids is 1. The van der Waals surface area contributed by atoms with Gasteiger partial charge < -0.3 is 10.0 Å². The van der Waals surface area contributed by atoms with Gasteiger partial charge >= 0.3 is 5.97 Å². The van der Waals surface area contributed by atoms with E-state index in [2.05, 4.69) is 37.8 Å². The molecular formula is C23H32N2O3. The molecule has 1 aromatic carbocycles. The number of benzene rings is 1. The number of piperidine rings is 1. The number of nitrogens with zero attached hydrogens (tertiary/aromatic N) is 2. The largest absolute Gasteiger partial charge is 0.480 e. The van der Waals surface area contributed by atoms with Crippen LogP contribution < -0.4 is 0 Å². The molecule has 1 amide bonds. The summed E-state index contributed by atoms with van der Waals surface area (Å²) in [6.07, 6.45) is 4.44. The summed E-state index contributed by atoms with van der Waals surface area (Å²) in [5, 5.41) is 9.67. The van der Waals surface area contributed by atoms with E-state index in [9.17, 15) is 14.7 Å². The van der Waals surface area contributed by atoms with Crippen LogP contribution in [0.4, 0.5) is 0 Å². The van der Waals surface area contributed by atoms with E-state index in [1.54, 1.807) is 4.90 Å². The first-order valence-corrected chi connectivity index (χ1v) is 10.6. The Morgan fingerprint density at radius 2 is 1.71 bits per heavy atom. The number of rotatable bonds is 4. The van der Waals surface area contributed by atoms with Gasteiger partial charge in [0, 0.05) is 19.0 Å². The van der Waals surface area contributed by atoms with Gasteiger partial charge in [0.25, 0.3) is 0 Å². The number of likely N-dealkylation sites (tertiary alicyclic amines) is 2. The van der Waals surface area contributed by atoms with E-state index in [1.165, 1.54) is 22.3 Å². The number of hydrogen-bond acceptors (Lipinski definition) is 3. The molecule has 3 fully saturated rings. The van der Waals surface area contributed by atoms with Crippen LogP contribution in [0.25, 0.3) is 0 Å². The van der Waals surface area contributed by atoms with Crippen molar-refractivity contribution < 1.29 is 14.7 Å². The van der Waals surface area contributed by atoms with Gasteiger partial charge in [0.2, 0.25) is 5.91 Å². The molecule has 1 saturated carbocycles. The maximum Gasteiger partial charge on any atom is 0.326 e. The fourth-order valence-corrected chi connectivity index (χ4v) is 5.30. The molecule has 1 atom stereocenters. The Labute approximate surface area is 167 Å². The Bertz CT molecular complexity index is 768. The number of carbonyl (C=O) groups is 2. The van der Waals surface area contributed by atoms with E-state index < -0.39 is 12.0 Å². The van der Waals surface area contributed by atoms with Gasteiger partial charge in [0.05, 0.1) is 0 Å². The van der Waals surface area contributed by atoms with Gasteiger partial charge in [-0.3, -0.25) is 9.69 Å². The minimum atomic E-state index is -0.834. The maximum absolute atomic E-state index is 12.6. The summed E-state index contributed by atoms with van der Waals surface area (Å²) in [4.78, 5) is 28.6. The van der Waals surface area contributed by atoms with Crippen molar-refractivity contribution in [3.05, 3.63) is 34.4 Å². The predicted molar refractivity (Wildman–Crippen MR) is 108 cm³/mol. The molecule has 0 bridgehead atoms. The van der Waals surface area contributed by atoms with E-state index in [0.717, 1.165) is 45.3 Å². The lowest BCUT2D eigenvalue weighted by atomic mass is 9.76. The Hall–Kier alpha value is -1.88. The fourth-order valence-electron chi connectivity index (χ4n) is 5.30. The summed E-state index contributed by atoms with van der Waals surface area (Å²) < 4.78 is 0. The molecule has 152 valence electrons. The zero-order valence-corrected chi connectivity index (χ0v) is 17.3. The van der Waals surface area contributed by atoms with Gasteiger partial charge in [-0.15, -0.1) is 0 Å². The molecule has 1 aromatic rings. The van der Waals surface area contributed by atoms with E-state index in [4.69, 9.17) is 0 Å². The van der Waals surface area contributed by atoms with E-state index in [1.807, 2.05) is 0 Å². The number of carboxylic acid groups (broad SMARTS) is 1. The van der Waals surface area contributed by atoms with Gasteiger partial charge in [-0.1, -0.05) is 17.7 Å². The highest BCUT2D eigenvalue weighted by Crippen LogP contribution is 2.45. The molecule has 0 aromatic heterocycles. The molecule has 5 nitrogen and oxygen atoms in total. The number of carbonyl (C=O) groups excluding carboxylic acids is 1. The summed E-state index contributed by atoms with van der Waals surface area (Å²) in [7, 11) is 0. The van der Waals surface area contributed by atoms with Gasteiger partial charge in [-0.2, -0.15) is 0 Å². The molecule has 1 N–H and O–H groups in total. The molecular weight excluding hydrogens is 352 g/mol. The average molecular weight is 385 g/mol. The van der Waals surface area contributed by atoms with Crippen LogP contribution in [0.1, 0.15) is 54.4 Å². The minimum absolute atomic E-state index is 0.0124. The molecule has 1 aliphatic carbocycles. The molecule has 2 aliphatic heterocycles. The van der Waals surface area contributed by atoms with Crippen molar-refractivity contribution in [2.75, 3.05) is 19.6 Å². The average Bonchev–Trinajstić information content (AvgIpc) is 3.41. The summed E-state index contributed by atoms with van der Waals surface area (Å²) in [5.74, 6) is -0.665. The van der Waals surface area contributed by atoms with Crippen LogP contribution in [0.15, 0.2) is 12.1 Å². The standard InChI is InChI=1S/C23H32N2O3/c1-15-10-16(2)19(17(3)11-15)13-24-8-6-23(7-9-24)12-20(22(27)28)25(14-23)21(26)18-4-5-18/h10-11,18,20H,4-9,12-14H2,1-3H3,(H,27,28)/t20-/m1/s1. The molecule has 28 heavy (non-hydrogen) atoms. The third-order valence-electron chi connectivity index (χ3n) is 7.14. The monoisotopic (exact) mass is 384 g/mol. The van der Waals surface area contributed by atoms with Crippen LogP contribution in [0.3, 0.4) is 0 Å². The van der Waals surface area contributed by atoms with Crippen molar-refractivity contribution in [2.45, 2.75) is 65.5 Å². The second-order valence-corrected chi connectivity index (χ2v) is 9.45. The molecule has 2 heterocycles. The molecule has 3 aliphatic rings. The van der Waals surface area contributed by atoms with Gasteiger partial charge in [-0.05, 0) is 88.1 Å². The lowest BCUT2D eigenvalue weighted by Crippen LogP contribution is -2.43. The quantitative estimate of drug-likeness (QED) is 0.865. The van der Waals surface area contributed by atoms with E-state index in [-0.39, 0.29) is 17.2 Å². The highest BCUT2D eigenvalue weighted by molar-refractivity contribution is 5.87. The topological polar surface area (TPSA) is 60.9 Å². The minimum Gasteiger partial charge on any atom is -0.480 e. The van der Waals surface area contributed by atoms with Crippen molar-refractivity contribution in [1.29, 1.82) is 0 Å². The van der Waals surface area contributed by atoms with Gasteiger partial charge in [-0.25, -0.2) is 4.79 Å². The first-order chi connectivity index (χ1) is 13.3. The fraction of sp³-hybridized carbons (Fsp3) is 0.652. The van der Waals surface area contributed by atoms with Crippen molar-refractivity contribution in [3.8, 4) is 0 Å². The SMILES string of the molecule is Cc1cc(C)c(CN2CCC3(CC2)C[C@H](C(=O)O)N(C(=O)C2CC2)C3)c(C)c1. The second-order valence-electron chi connectivity index (χ2n) is 9.45. The molecule has 0 unspecified atom stereocenters. The van der Waals surface area contributed by atoms with E-state index in [0.29, 0.717) is 13.0 Å². The highest BCUT2D eigenvalue weighted by Gasteiger charge is 2.51. The number of aliphatic carboxylic acids is 1. The molecule has 1 spiro atoms. The van der Waals surface area contributed by atoms with Crippen LogP contribution in [-0.2, 0) is 16.1 Å². The maximum atomic E-state index is 12.6. The molecule has 2 saturated heterocycles. The van der Waals surface area contributed by atoms with Gasteiger partial charge in [0.1, 0.15) is 6.04 Å². The third kappa shape index (κ3) is 3.69. The Morgan fingerprint density at radius 3 is 2.25 bits per heavy atom. The molecule has 5 heteroatoms.